The van der Waals surface area contributed by atoms with Crippen LogP contribution in [0.4, 0.5) is 5.69 Å². The molecule has 1 saturated heterocycles. The number of amides is 1. The van der Waals surface area contributed by atoms with E-state index in [1.807, 2.05) is 17.0 Å². The minimum Gasteiger partial charge on any atom is -0.328 e. The van der Waals surface area contributed by atoms with Crippen LogP contribution < -0.4 is 10.6 Å². The SMILES string of the molecule is CC(N)C1CCCN(CC(=O)N2CCc3ccccc32)C1.Cl. The lowest BCUT2D eigenvalue weighted by Gasteiger charge is -2.35. The maximum Gasteiger partial charge on any atom is 0.241 e. The number of nitrogens with zero attached hydrogens (tertiary/aromatic N) is 2. The quantitative estimate of drug-likeness (QED) is 0.926. The predicted octanol–water partition coefficient (Wildman–Crippen LogP) is 2.06. The van der Waals surface area contributed by atoms with Gasteiger partial charge in [-0.25, -0.2) is 0 Å². The van der Waals surface area contributed by atoms with Crippen molar-refractivity contribution in [2.45, 2.75) is 32.2 Å². The number of carbonyl (C=O) groups is 1. The number of rotatable bonds is 3. The van der Waals surface area contributed by atoms with Crippen LogP contribution in [0, 0.1) is 5.92 Å². The number of benzene rings is 1. The molecule has 0 saturated carbocycles. The van der Waals surface area contributed by atoms with Gasteiger partial charge in [0.2, 0.25) is 5.91 Å². The second-order valence-electron chi connectivity index (χ2n) is 6.42. The van der Waals surface area contributed by atoms with E-state index in [0.717, 1.165) is 38.2 Å². The van der Waals surface area contributed by atoms with E-state index < -0.39 is 0 Å². The van der Waals surface area contributed by atoms with Crippen LogP contribution in [0.2, 0.25) is 0 Å². The summed E-state index contributed by atoms with van der Waals surface area (Å²) in [7, 11) is 0. The number of halogens is 1. The first kappa shape index (κ1) is 17.3. The van der Waals surface area contributed by atoms with Crippen LogP contribution >= 0.6 is 12.4 Å². The Morgan fingerprint density at radius 2 is 2.14 bits per heavy atom. The minimum absolute atomic E-state index is 0. The van der Waals surface area contributed by atoms with Gasteiger partial charge in [0.1, 0.15) is 0 Å². The number of piperidine rings is 1. The van der Waals surface area contributed by atoms with Crippen LogP contribution in [0.5, 0.6) is 0 Å². The second-order valence-corrected chi connectivity index (χ2v) is 6.42. The zero-order valence-corrected chi connectivity index (χ0v) is 14.0. The van der Waals surface area contributed by atoms with Gasteiger partial charge in [0.25, 0.3) is 0 Å². The van der Waals surface area contributed by atoms with E-state index >= 15 is 0 Å². The van der Waals surface area contributed by atoms with Gasteiger partial charge in [-0.05, 0) is 50.3 Å². The number of anilines is 1. The molecular weight excluding hydrogens is 298 g/mol. The molecule has 0 aromatic heterocycles. The Bertz CT molecular complexity index is 520. The molecule has 2 heterocycles. The van der Waals surface area contributed by atoms with Crippen LogP contribution in [-0.2, 0) is 11.2 Å². The Balaban J connectivity index is 0.00000176. The first-order valence-corrected chi connectivity index (χ1v) is 8.01. The lowest BCUT2D eigenvalue weighted by Crippen LogP contribution is -2.47. The van der Waals surface area contributed by atoms with Gasteiger partial charge in [0, 0.05) is 24.8 Å². The standard InChI is InChI=1S/C17H25N3O.ClH/c1-13(18)15-6-4-9-19(11-15)12-17(21)20-10-8-14-5-2-3-7-16(14)20;/h2-3,5,7,13,15H,4,6,8-12,18H2,1H3;1H. The molecular formula is C17H26ClN3O. The molecule has 1 aromatic rings. The molecule has 0 bridgehead atoms. The third kappa shape index (κ3) is 3.62. The van der Waals surface area contributed by atoms with Gasteiger partial charge in [0.15, 0.2) is 0 Å². The topological polar surface area (TPSA) is 49.6 Å². The summed E-state index contributed by atoms with van der Waals surface area (Å²) in [5.41, 5.74) is 8.41. The molecule has 122 valence electrons. The zero-order chi connectivity index (χ0) is 14.8. The fourth-order valence-electron chi connectivity index (χ4n) is 3.54. The Labute approximate surface area is 139 Å². The molecule has 5 heteroatoms. The number of nitrogens with two attached hydrogens (primary N) is 1. The van der Waals surface area contributed by atoms with Gasteiger partial charge in [0.05, 0.1) is 6.54 Å². The smallest absolute Gasteiger partial charge is 0.241 e. The molecule has 0 radical (unpaired) electrons. The maximum absolute atomic E-state index is 12.6. The highest BCUT2D eigenvalue weighted by molar-refractivity contribution is 5.96. The summed E-state index contributed by atoms with van der Waals surface area (Å²) in [4.78, 5) is 16.8. The van der Waals surface area contributed by atoms with Gasteiger partial charge in [-0.2, -0.15) is 0 Å². The highest BCUT2D eigenvalue weighted by atomic mass is 35.5. The molecule has 0 aliphatic carbocycles. The van der Waals surface area contributed by atoms with Crippen LogP contribution in [-0.4, -0.2) is 43.0 Å². The largest absolute Gasteiger partial charge is 0.328 e. The molecule has 1 amide bonds. The summed E-state index contributed by atoms with van der Waals surface area (Å²) in [5, 5.41) is 0. The highest BCUT2D eigenvalue weighted by Crippen LogP contribution is 2.28. The fourth-order valence-corrected chi connectivity index (χ4v) is 3.54. The molecule has 3 rings (SSSR count). The molecule has 22 heavy (non-hydrogen) atoms. The molecule has 2 N–H and O–H groups in total. The predicted molar refractivity (Wildman–Crippen MR) is 92.6 cm³/mol. The molecule has 4 nitrogen and oxygen atoms in total. The fraction of sp³-hybridized carbons (Fsp3) is 0.588. The first-order chi connectivity index (χ1) is 10.1. The molecule has 2 unspecified atom stereocenters. The third-order valence-corrected chi connectivity index (χ3v) is 4.83. The van der Waals surface area contributed by atoms with E-state index in [-0.39, 0.29) is 24.4 Å². The van der Waals surface area contributed by atoms with E-state index in [2.05, 4.69) is 24.0 Å². The normalized spacial score (nSPS) is 22.8. The third-order valence-electron chi connectivity index (χ3n) is 4.83. The molecule has 2 aliphatic rings. The minimum atomic E-state index is 0. The molecule has 0 spiro atoms. The summed E-state index contributed by atoms with van der Waals surface area (Å²) in [6, 6.07) is 8.45. The van der Waals surface area contributed by atoms with E-state index in [1.165, 1.54) is 12.0 Å². The van der Waals surface area contributed by atoms with Crippen molar-refractivity contribution in [3.63, 3.8) is 0 Å². The average molecular weight is 324 g/mol. The first-order valence-electron chi connectivity index (χ1n) is 8.01. The second kappa shape index (κ2) is 7.44. The van der Waals surface area contributed by atoms with Gasteiger partial charge >= 0.3 is 0 Å². The van der Waals surface area contributed by atoms with Crippen molar-refractivity contribution in [3.8, 4) is 0 Å². The van der Waals surface area contributed by atoms with Crippen LogP contribution in [0.25, 0.3) is 0 Å². The number of fused-ring (bicyclic) bond motifs is 1. The van der Waals surface area contributed by atoms with Crippen molar-refractivity contribution in [3.05, 3.63) is 29.8 Å². The summed E-state index contributed by atoms with van der Waals surface area (Å²) < 4.78 is 0. The van der Waals surface area contributed by atoms with Crippen LogP contribution in [0.15, 0.2) is 24.3 Å². The zero-order valence-electron chi connectivity index (χ0n) is 13.2. The lowest BCUT2D eigenvalue weighted by molar-refractivity contribution is -0.120. The van der Waals surface area contributed by atoms with E-state index in [0.29, 0.717) is 12.5 Å². The Morgan fingerprint density at radius 1 is 1.36 bits per heavy atom. The molecule has 2 atom stereocenters. The Hall–Kier alpha value is -1.10. The number of carbonyl (C=O) groups excluding carboxylic acids is 1. The molecule has 2 aliphatic heterocycles. The van der Waals surface area contributed by atoms with Crippen molar-refractivity contribution in [2.24, 2.45) is 11.7 Å². The van der Waals surface area contributed by atoms with Crippen molar-refractivity contribution in [1.29, 1.82) is 0 Å². The van der Waals surface area contributed by atoms with E-state index in [1.54, 1.807) is 0 Å². The monoisotopic (exact) mass is 323 g/mol. The summed E-state index contributed by atoms with van der Waals surface area (Å²) in [6.07, 6.45) is 3.31. The summed E-state index contributed by atoms with van der Waals surface area (Å²) in [6.45, 7) is 5.40. The van der Waals surface area contributed by atoms with Crippen LogP contribution in [0.3, 0.4) is 0 Å². The van der Waals surface area contributed by atoms with Crippen molar-refractivity contribution in [2.75, 3.05) is 31.1 Å². The number of para-hydroxylation sites is 1. The number of hydrogen-bond donors (Lipinski definition) is 1. The lowest BCUT2D eigenvalue weighted by atomic mass is 9.92. The van der Waals surface area contributed by atoms with Crippen molar-refractivity contribution >= 4 is 24.0 Å². The van der Waals surface area contributed by atoms with Gasteiger partial charge in [-0.1, -0.05) is 18.2 Å². The average Bonchev–Trinajstić information content (AvgIpc) is 2.91. The number of hydrogen-bond acceptors (Lipinski definition) is 3. The Kier molecular flexibility index (Phi) is 5.84. The maximum atomic E-state index is 12.6. The van der Waals surface area contributed by atoms with Crippen molar-refractivity contribution < 1.29 is 4.79 Å². The summed E-state index contributed by atoms with van der Waals surface area (Å²) >= 11 is 0. The van der Waals surface area contributed by atoms with E-state index in [9.17, 15) is 4.79 Å². The van der Waals surface area contributed by atoms with Crippen LogP contribution in [0.1, 0.15) is 25.3 Å². The van der Waals surface area contributed by atoms with Crippen molar-refractivity contribution in [1.82, 2.24) is 4.90 Å². The molecule has 1 fully saturated rings. The summed E-state index contributed by atoms with van der Waals surface area (Å²) in [5.74, 6) is 0.752. The molecule has 1 aromatic carbocycles. The Morgan fingerprint density at radius 3 is 2.91 bits per heavy atom. The van der Waals surface area contributed by atoms with E-state index in [4.69, 9.17) is 5.73 Å². The van der Waals surface area contributed by atoms with Gasteiger partial charge in [-0.15, -0.1) is 12.4 Å². The van der Waals surface area contributed by atoms with Gasteiger partial charge in [-0.3, -0.25) is 9.69 Å². The number of likely N-dealkylation sites (tertiary alicyclic amines) is 1. The highest BCUT2D eigenvalue weighted by Gasteiger charge is 2.28. The van der Waals surface area contributed by atoms with Gasteiger partial charge < -0.3 is 10.6 Å².